The normalized spacial score (nSPS) is 44.3. The van der Waals surface area contributed by atoms with Gasteiger partial charge in [0.15, 0.2) is 0 Å². The van der Waals surface area contributed by atoms with Gasteiger partial charge in [0, 0.05) is 0 Å². The SMILES string of the molecule is CCCCC1(COC2CC(C)(C)CC3(C)OC23)OC1C.[K+].[SH-]. The van der Waals surface area contributed by atoms with Crippen LogP contribution in [-0.4, -0.2) is 36.1 Å². The van der Waals surface area contributed by atoms with Crippen LogP contribution in [0.4, 0.5) is 0 Å². The Bertz CT molecular complexity index is 389. The fourth-order valence-electron chi connectivity index (χ4n) is 4.22. The van der Waals surface area contributed by atoms with Crippen LogP contribution in [0.3, 0.4) is 0 Å². The van der Waals surface area contributed by atoms with E-state index in [1.165, 1.54) is 12.8 Å². The van der Waals surface area contributed by atoms with Gasteiger partial charge >= 0.3 is 51.4 Å². The maximum absolute atomic E-state index is 6.28. The van der Waals surface area contributed by atoms with Gasteiger partial charge in [-0.2, -0.15) is 0 Å². The summed E-state index contributed by atoms with van der Waals surface area (Å²) in [4.78, 5) is 0. The Morgan fingerprint density at radius 1 is 1.18 bits per heavy atom. The van der Waals surface area contributed by atoms with Gasteiger partial charge in [-0.15, -0.1) is 0 Å². The van der Waals surface area contributed by atoms with Crippen molar-refractivity contribution in [2.24, 2.45) is 5.41 Å². The number of hydrogen-bond acceptors (Lipinski definition) is 4. The van der Waals surface area contributed by atoms with Gasteiger partial charge in [0.25, 0.3) is 0 Å². The molecule has 5 heteroatoms. The Hall–Kier alpha value is 1.87. The summed E-state index contributed by atoms with van der Waals surface area (Å²) in [5.74, 6) is 0. The standard InChI is InChI=1S/C17H30O3.K.H2S/c1-6-7-8-17(12(2)19-17)11-18-13-9-15(3,4)10-16(5)14(13)20-16;;/h12-14H,6-11H2,1-5H3;;1H2/q;+1;/p-1. The number of unbranched alkanes of at least 4 members (excludes halogenated alkanes) is 1. The number of hydrogen-bond donors (Lipinski definition) is 0. The van der Waals surface area contributed by atoms with Crippen molar-refractivity contribution in [1.82, 2.24) is 0 Å². The minimum atomic E-state index is 0. The van der Waals surface area contributed by atoms with Crippen LogP contribution in [-0.2, 0) is 27.7 Å². The quantitative estimate of drug-likeness (QED) is 0.300. The Morgan fingerprint density at radius 2 is 1.82 bits per heavy atom. The van der Waals surface area contributed by atoms with Crippen LogP contribution in [0.1, 0.15) is 66.7 Å². The molecule has 124 valence electrons. The third-order valence-electron chi connectivity index (χ3n) is 5.45. The summed E-state index contributed by atoms with van der Waals surface area (Å²) in [7, 11) is 0. The number of fused-ring (bicyclic) bond motifs is 1. The van der Waals surface area contributed by atoms with E-state index in [4.69, 9.17) is 14.2 Å². The molecule has 1 aliphatic carbocycles. The average Bonchev–Trinajstić information content (AvgIpc) is 3.19. The van der Waals surface area contributed by atoms with Crippen molar-refractivity contribution < 1.29 is 65.6 Å². The van der Waals surface area contributed by atoms with Crippen molar-refractivity contribution in [2.45, 2.75) is 96.2 Å². The van der Waals surface area contributed by atoms with Crippen molar-refractivity contribution in [2.75, 3.05) is 6.61 Å². The van der Waals surface area contributed by atoms with Crippen LogP contribution in [0.25, 0.3) is 0 Å². The predicted octanol–water partition coefficient (Wildman–Crippen LogP) is 0.431. The van der Waals surface area contributed by atoms with Gasteiger partial charge in [-0.3, -0.25) is 0 Å². The third-order valence-corrected chi connectivity index (χ3v) is 5.45. The van der Waals surface area contributed by atoms with Crippen molar-refractivity contribution in [3.05, 3.63) is 0 Å². The second kappa shape index (κ2) is 7.63. The van der Waals surface area contributed by atoms with Gasteiger partial charge in [-0.25, -0.2) is 0 Å². The minimum absolute atomic E-state index is 0. The van der Waals surface area contributed by atoms with E-state index in [-0.39, 0.29) is 82.2 Å². The Labute approximate surface area is 185 Å². The molecule has 5 atom stereocenters. The molecule has 22 heavy (non-hydrogen) atoms. The van der Waals surface area contributed by atoms with Crippen LogP contribution in [0, 0.1) is 5.41 Å². The van der Waals surface area contributed by atoms with Crippen molar-refractivity contribution in [3.63, 3.8) is 0 Å². The number of ether oxygens (including phenoxy) is 3. The van der Waals surface area contributed by atoms with Crippen LogP contribution in [0.2, 0.25) is 0 Å². The first kappa shape index (κ1) is 21.9. The summed E-state index contributed by atoms with van der Waals surface area (Å²) in [6, 6.07) is 0. The number of thiol groups is 1. The molecule has 0 radical (unpaired) electrons. The summed E-state index contributed by atoms with van der Waals surface area (Å²) < 4.78 is 18.1. The first-order chi connectivity index (χ1) is 9.30. The third kappa shape index (κ3) is 4.53. The minimum Gasteiger partial charge on any atom is -0.813 e. The first-order valence-electron chi connectivity index (χ1n) is 8.28. The maximum atomic E-state index is 6.28. The molecule has 2 heterocycles. The van der Waals surface area contributed by atoms with E-state index in [2.05, 4.69) is 34.6 Å². The van der Waals surface area contributed by atoms with E-state index in [0.717, 1.165) is 25.9 Å². The van der Waals surface area contributed by atoms with Crippen molar-refractivity contribution in [3.8, 4) is 0 Å². The van der Waals surface area contributed by atoms with E-state index in [0.29, 0.717) is 17.6 Å². The molecular formula is C17H31KO3S. The smallest absolute Gasteiger partial charge is 0.813 e. The van der Waals surface area contributed by atoms with Crippen LogP contribution >= 0.6 is 0 Å². The number of rotatable bonds is 6. The average molecular weight is 355 g/mol. The van der Waals surface area contributed by atoms with E-state index in [1.54, 1.807) is 0 Å². The molecule has 0 amide bonds. The second-order valence-corrected chi connectivity index (χ2v) is 8.17. The van der Waals surface area contributed by atoms with Crippen molar-refractivity contribution in [1.29, 1.82) is 0 Å². The zero-order valence-corrected chi connectivity index (χ0v) is 19.2. The van der Waals surface area contributed by atoms with Gasteiger partial charge in [0.2, 0.25) is 0 Å². The van der Waals surface area contributed by atoms with Crippen molar-refractivity contribution >= 4 is 13.5 Å². The van der Waals surface area contributed by atoms with E-state index < -0.39 is 0 Å². The fourth-order valence-corrected chi connectivity index (χ4v) is 4.22. The summed E-state index contributed by atoms with van der Waals surface area (Å²) in [5.41, 5.74) is 0.390. The molecule has 2 saturated heterocycles. The molecule has 3 nitrogen and oxygen atoms in total. The maximum Gasteiger partial charge on any atom is 1.00 e. The molecule has 3 aliphatic rings. The Kier molecular flexibility index (Phi) is 7.59. The fraction of sp³-hybridized carbons (Fsp3) is 1.00. The first-order valence-corrected chi connectivity index (χ1v) is 8.28. The summed E-state index contributed by atoms with van der Waals surface area (Å²) in [5, 5.41) is 0. The molecule has 5 unspecified atom stereocenters. The summed E-state index contributed by atoms with van der Waals surface area (Å²) in [6.45, 7) is 12.0. The molecule has 0 bridgehead atoms. The largest absolute Gasteiger partial charge is 1.00 e. The monoisotopic (exact) mass is 354 g/mol. The van der Waals surface area contributed by atoms with E-state index >= 15 is 0 Å². The molecule has 0 spiro atoms. The van der Waals surface area contributed by atoms with Gasteiger partial charge in [-0.1, -0.05) is 33.6 Å². The van der Waals surface area contributed by atoms with Gasteiger partial charge in [0.05, 0.1) is 24.4 Å². The molecule has 0 aromatic rings. The van der Waals surface area contributed by atoms with Crippen LogP contribution in [0.15, 0.2) is 0 Å². The molecule has 3 fully saturated rings. The van der Waals surface area contributed by atoms with Gasteiger partial charge in [0.1, 0.15) is 11.7 Å². The molecule has 2 aliphatic heterocycles. The molecule has 0 aromatic carbocycles. The van der Waals surface area contributed by atoms with E-state index in [9.17, 15) is 0 Å². The summed E-state index contributed by atoms with van der Waals surface area (Å²) in [6.07, 6.45) is 6.75. The molecule has 3 rings (SSSR count). The molecular weight excluding hydrogens is 323 g/mol. The summed E-state index contributed by atoms with van der Waals surface area (Å²) >= 11 is 0. The Morgan fingerprint density at radius 3 is 2.36 bits per heavy atom. The molecule has 1 saturated carbocycles. The van der Waals surface area contributed by atoms with E-state index in [1.807, 2.05) is 0 Å². The second-order valence-electron chi connectivity index (χ2n) is 8.17. The molecule has 0 aromatic heterocycles. The van der Waals surface area contributed by atoms with Crippen LogP contribution in [0.5, 0.6) is 0 Å². The zero-order chi connectivity index (χ0) is 14.6. The van der Waals surface area contributed by atoms with Gasteiger partial charge < -0.3 is 27.7 Å². The topological polar surface area (TPSA) is 34.3 Å². The number of epoxide rings is 2. The molecule has 0 N–H and O–H groups in total. The Balaban J connectivity index is 0.00000121. The zero-order valence-electron chi connectivity index (χ0n) is 15.1. The van der Waals surface area contributed by atoms with Crippen LogP contribution < -0.4 is 51.4 Å². The van der Waals surface area contributed by atoms with Gasteiger partial charge in [-0.05, 0) is 38.5 Å². The predicted molar refractivity (Wildman–Crippen MR) is 87.6 cm³/mol.